The molecule has 8 nitrogen and oxygen atoms in total. The van der Waals surface area contributed by atoms with Crippen molar-refractivity contribution in [1.29, 1.82) is 0 Å². The lowest BCUT2D eigenvalue weighted by atomic mass is 10.0. The van der Waals surface area contributed by atoms with Crippen LogP contribution in [0.4, 0.5) is 0 Å². The maximum absolute atomic E-state index is 12.6. The van der Waals surface area contributed by atoms with Crippen LogP contribution >= 0.6 is 0 Å². The van der Waals surface area contributed by atoms with E-state index in [4.69, 9.17) is 4.74 Å². The van der Waals surface area contributed by atoms with E-state index >= 15 is 0 Å². The Bertz CT molecular complexity index is 995. The molecule has 154 valence electrons. The van der Waals surface area contributed by atoms with E-state index in [1.54, 1.807) is 23.1 Å². The number of carbonyl (C=O) groups is 2. The van der Waals surface area contributed by atoms with Gasteiger partial charge in [-0.3, -0.25) is 19.3 Å². The number of benzene rings is 1. The lowest BCUT2D eigenvalue weighted by Crippen LogP contribution is -2.36. The van der Waals surface area contributed by atoms with Crippen molar-refractivity contribution in [2.75, 3.05) is 13.2 Å². The number of nitrogens with zero attached hydrogens (tertiary/aromatic N) is 2. The molecule has 9 heteroatoms. The number of amides is 1. The van der Waals surface area contributed by atoms with Crippen LogP contribution in [-0.4, -0.2) is 50.2 Å². The maximum Gasteiger partial charge on any atom is 0.328 e. The first-order chi connectivity index (χ1) is 14.0. The van der Waals surface area contributed by atoms with Gasteiger partial charge in [-0.2, -0.15) is 0 Å². The average Bonchev–Trinajstić information content (AvgIpc) is 3.51. The number of amidine groups is 1. The smallest absolute Gasteiger partial charge is 0.328 e. The fraction of sp³-hybridized carbons (Fsp3) is 0.450. The van der Waals surface area contributed by atoms with Crippen molar-refractivity contribution in [3.63, 3.8) is 0 Å². The standard InChI is InChI=1S/C20H23N3O5S/c24-18(23(15-10-11-15)14-6-2-1-3-7-14)13-28-19(25)12-21-20-16-8-4-5-9-17(16)29(26,27)22-20/h4-6,8-9,15H,1-3,7,10-13H2,(H,21,22). The summed E-state index contributed by atoms with van der Waals surface area (Å²) in [5.74, 6) is -0.785. The van der Waals surface area contributed by atoms with E-state index in [1.165, 1.54) is 6.07 Å². The van der Waals surface area contributed by atoms with Crippen molar-refractivity contribution in [1.82, 2.24) is 9.62 Å². The number of fused-ring (bicyclic) bond motifs is 1. The Kier molecular flexibility index (Phi) is 5.40. The van der Waals surface area contributed by atoms with Crippen LogP contribution in [0.25, 0.3) is 0 Å². The number of hydrogen-bond donors (Lipinski definition) is 1. The van der Waals surface area contributed by atoms with E-state index in [2.05, 4.69) is 15.8 Å². The summed E-state index contributed by atoms with van der Waals surface area (Å²) in [5.41, 5.74) is 1.46. The van der Waals surface area contributed by atoms with Gasteiger partial charge in [0.25, 0.3) is 15.9 Å². The van der Waals surface area contributed by atoms with Gasteiger partial charge in [0.15, 0.2) is 6.61 Å². The minimum Gasteiger partial charge on any atom is -0.454 e. The predicted octanol–water partition coefficient (Wildman–Crippen LogP) is 1.72. The fourth-order valence-corrected chi connectivity index (χ4v) is 4.87. The quantitative estimate of drug-likeness (QED) is 0.710. The Balaban J connectivity index is 1.35. The van der Waals surface area contributed by atoms with Crippen LogP contribution in [0.5, 0.6) is 0 Å². The van der Waals surface area contributed by atoms with E-state index in [1.807, 2.05) is 0 Å². The van der Waals surface area contributed by atoms with Gasteiger partial charge in [-0.05, 0) is 50.7 Å². The maximum atomic E-state index is 12.6. The molecule has 0 aromatic heterocycles. The van der Waals surface area contributed by atoms with Crippen LogP contribution < -0.4 is 4.72 Å². The van der Waals surface area contributed by atoms with Crippen LogP contribution in [-0.2, 0) is 24.3 Å². The molecule has 1 fully saturated rings. The van der Waals surface area contributed by atoms with Gasteiger partial charge in [0, 0.05) is 17.3 Å². The number of aliphatic imine (C=N–C) groups is 1. The summed E-state index contributed by atoms with van der Waals surface area (Å²) < 4.78 is 31.6. The van der Waals surface area contributed by atoms with Gasteiger partial charge in [-0.15, -0.1) is 0 Å². The Labute approximate surface area is 169 Å². The molecule has 1 aromatic carbocycles. The van der Waals surface area contributed by atoms with Crippen molar-refractivity contribution in [3.8, 4) is 0 Å². The summed E-state index contributed by atoms with van der Waals surface area (Å²) in [6, 6.07) is 6.62. The zero-order valence-corrected chi connectivity index (χ0v) is 16.8. The lowest BCUT2D eigenvalue weighted by Gasteiger charge is -2.27. The number of rotatable bonds is 6. The van der Waals surface area contributed by atoms with E-state index in [0.717, 1.165) is 44.2 Å². The first-order valence-electron chi connectivity index (χ1n) is 9.79. The van der Waals surface area contributed by atoms with Crippen molar-refractivity contribution in [2.45, 2.75) is 49.5 Å². The van der Waals surface area contributed by atoms with Crippen LogP contribution in [0.15, 0.2) is 45.9 Å². The Hall–Kier alpha value is -2.68. The molecule has 0 bridgehead atoms. The molecule has 0 spiro atoms. The molecule has 0 unspecified atom stereocenters. The van der Waals surface area contributed by atoms with Crippen LogP contribution in [0.3, 0.4) is 0 Å². The average molecular weight is 417 g/mol. The summed E-state index contributed by atoms with van der Waals surface area (Å²) in [6.45, 7) is -0.703. The third-order valence-electron chi connectivity index (χ3n) is 5.14. The number of allylic oxidation sites excluding steroid dienone is 2. The van der Waals surface area contributed by atoms with Crippen molar-refractivity contribution in [3.05, 3.63) is 41.6 Å². The van der Waals surface area contributed by atoms with Crippen LogP contribution in [0, 0.1) is 0 Å². The van der Waals surface area contributed by atoms with E-state index in [-0.39, 0.29) is 35.8 Å². The number of sulfonamides is 1. The highest BCUT2D eigenvalue weighted by molar-refractivity contribution is 7.90. The highest BCUT2D eigenvalue weighted by atomic mass is 32.2. The molecule has 1 N–H and O–H groups in total. The summed E-state index contributed by atoms with van der Waals surface area (Å²) in [4.78, 5) is 30.6. The van der Waals surface area contributed by atoms with Crippen LogP contribution in [0.1, 0.15) is 44.1 Å². The number of ether oxygens (including phenoxy) is 1. The number of carbonyl (C=O) groups excluding carboxylic acids is 2. The highest BCUT2D eigenvalue weighted by Crippen LogP contribution is 2.33. The van der Waals surface area contributed by atoms with E-state index < -0.39 is 16.0 Å². The Morgan fingerprint density at radius 2 is 2.00 bits per heavy atom. The fourth-order valence-electron chi connectivity index (χ4n) is 3.62. The van der Waals surface area contributed by atoms with Crippen molar-refractivity contribution < 1.29 is 22.7 Å². The van der Waals surface area contributed by atoms with Gasteiger partial charge in [0.05, 0.1) is 4.90 Å². The minimum absolute atomic E-state index is 0.107. The molecule has 1 saturated carbocycles. The molecule has 2 aliphatic carbocycles. The first-order valence-corrected chi connectivity index (χ1v) is 11.3. The number of esters is 1. The molecule has 1 amide bonds. The predicted molar refractivity (Wildman–Crippen MR) is 106 cm³/mol. The van der Waals surface area contributed by atoms with Gasteiger partial charge in [0.1, 0.15) is 12.4 Å². The second kappa shape index (κ2) is 7.98. The normalized spacial score (nSPS) is 21.1. The third-order valence-corrected chi connectivity index (χ3v) is 6.54. The highest BCUT2D eigenvalue weighted by Gasteiger charge is 2.35. The lowest BCUT2D eigenvalue weighted by molar-refractivity contribution is -0.150. The van der Waals surface area contributed by atoms with Gasteiger partial charge >= 0.3 is 5.97 Å². The second-order valence-corrected chi connectivity index (χ2v) is 9.01. The molecule has 1 heterocycles. The molecule has 1 aromatic rings. The number of nitrogens with one attached hydrogen (secondary N) is 1. The second-order valence-electron chi connectivity index (χ2n) is 7.36. The largest absolute Gasteiger partial charge is 0.454 e. The molecule has 3 aliphatic rings. The summed E-state index contributed by atoms with van der Waals surface area (Å²) in [7, 11) is -3.65. The summed E-state index contributed by atoms with van der Waals surface area (Å²) in [6.07, 6.45) is 8.12. The van der Waals surface area contributed by atoms with E-state index in [0.29, 0.717) is 5.56 Å². The van der Waals surface area contributed by atoms with Crippen molar-refractivity contribution >= 4 is 27.7 Å². The van der Waals surface area contributed by atoms with E-state index in [9.17, 15) is 18.0 Å². The summed E-state index contributed by atoms with van der Waals surface area (Å²) >= 11 is 0. The number of hydrogen-bond acceptors (Lipinski definition) is 6. The molecule has 29 heavy (non-hydrogen) atoms. The molecular weight excluding hydrogens is 394 g/mol. The zero-order valence-electron chi connectivity index (χ0n) is 16.0. The molecule has 0 radical (unpaired) electrons. The molecule has 0 saturated heterocycles. The minimum atomic E-state index is -3.65. The molecule has 1 aliphatic heterocycles. The molecular formula is C20H23N3O5S. The van der Waals surface area contributed by atoms with Crippen molar-refractivity contribution in [2.24, 2.45) is 4.99 Å². The van der Waals surface area contributed by atoms with Crippen LogP contribution in [0.2, 0.25) is 0 Å². The first kappa shape index (κ1) is 19.6. The van der Waals surface area contributed by atoms with Gasteiger partial charge < -0.3 is 9.64 Å². The topological polar surface area (TPSA) is 105 Å². The van der Waals surface area contributed by atoms with Gasteiger partial charge in [0.2, 0.25) is 0 Å². The monoisotopic (exact) mass is 417 g/mol. The third kappa shape index (κ3) is 4.34. The summed E-state index contributed by atoms with van der Waals surface area (Å²) in [5, 5.41) is 0. The zero-order chi connectivity index (χ0) is 20.4. The molecule has 4 rings (SSSR count). The van der Waals surface area contributed by atoms with Gasteiger partial charge in [-0.1, -0.05) is 18.2 Å². The Morgan fingerprint density at radius 3 is 2.72 bits per heavy atom. The van der Waals surface area contributed by atoms with Gasteiger partial charge in [-0.25, -0.2) is 8.42 Å². The Morgan fingerprint density at radius 1 is 1.21 bits per heavy atom. The SMILES string of the molecule is O=C(CN=C1NS(=O)(=O)c2ccccc21)OCC(=O)N(C1=CCCCC1)C1CC1. The molecule has 0 atom stereocenters.